The van der Waals surface area contributed by atoms with Crippen molar-refractivity contribution in [1.29, 1.82) is 0 Å². The van der Waals surface area contributed by atoms with Gasteiger partial charge in [-0.15, -0.1) is 0 Å². The molecule has 1 saturated heterocycles. The lowest BCUT2D eigenvalue weighted by atomic mass is 9.94. The molecule has 2 N–H and O–H groups in total. The summed E-state index contributed by atoms with van der Waals surface area (Å²) < 4.78 is 60.2. The van der Waals surface area contributed by atoms with E-state index in [4.69, 9.17) is 4.74 Å². The van der Waals surface area contributed by atoms with Crippen LogP contribution in [0.1, 0.15) is 59.2 Å². The van der Waals surface area contributed by atoms with Gasteiger partial charge in [-0.25, -0.2) is 18.3 Å². The Morgan fingerprint density at radius 3 is 2.38 bits per heavy atom. The summed E-state index contributed by atoms with van der Waals surface area (Å²) in [7, 11) is -4.04. The molecule has 29 heavy (non-hydrogen) atoms. The number of hydrogen-bond acceptors (Lipinski definition) is 5. The standard InChI is InChI=1S/C18H22F2N2O6S/c19-18(20)7-5-13(6-8-18)28-15-11-12(17(24)25)3-4-14(15)16(23)21-29(26,27)22-9-1-2-10-22/h3-4,11,13H,1-2,5-10H2,(H,21,23)(H,24,25). The molecule has 0 bridgehead atoms. The number of nitrogens with one attached hydrogen (secondary N) is 1. The van der Waals surface area contributed by atoms with Crippen LogP contribution in [-0.4, -0.2) is 54.8 Å². The van der Waals surface area contributed by atoms with Crippen molar-refractivity contribution in [1.82, 2.24) is 9.03 Å². The second-order valence-corrected chi connectivity index (χ2v) is 8.90. The summed E-state index contributed by atoms with van der Waals surface area (Å²) in [4.78, 5) is 23.9. The first-order valence-corrected chi connectivity index (χ1v) is 10.8. The van der Waals surface area contributed by atoms with Crippen LogP contribution in [0.15, 0.2) is 18.2 Å². The summed E-state index contributed by atoms with van der Waals surface area (Å²) in [5.74, 6) is -5.15. The molecule has 1 aromatic carbocycles. The lowest BCUT2D eigenvalue weighted by Crippen LogP contribution is -2.42. The second-order valence-electron chi connectivity index (χ2n) is 7.23. The summed E-state index contributed by atoms with van der Waals surface area (Å²) in [5, 5.41) is 9.19. The highest BCUT2D eigenvalue weighted by atomic mass is 32.2. The third kappa shape index (κ3) is 5.21. The summed E-state index contributed by atoms with van der Waals surface area (Å²) in [6.45, 7) is 0.612. The molecule has 160 valence electrons. The van der Waals surface area contributed by atoms with Crippen molar-refractivity contribution in [3.05, 3.63) is 29.3 Å². The van der Waals surface area contributed by atoms with Gasteiger partial charge in [0, 0.05) is 25.9 Å². The quantitative estimate of drug-likeness (QED) is 0.714. The van der Waals surface area contributed by atoms with Gasteiger partial charge < -0.3 is 9.84 Å². The molecule has 3 rings (SSSR count). The molecule has 1 aliphatic carbocycles. The smallest absolute Gasteiger partial charge is 0.335 e. The molecule has 0 aromatic heterocycles. The Hall–Kier alpha value is -2.27. The maximum atomic E-state index is 13.4. The molecule has 8 nitrogen and oxygen atoms in total. The predicted molar refractivity (Wildman–Crippen MR) is 98.4 cm³/mol. The molecule has 1 heterocycles. The van der Waals surface area contributed by atoms with Crippen LogP contribution in [0.3, 0.4) is 0 Å². The van der Waals surface area contributed by atoms with E-state index in [1.54, 1.807) is 0 Å². The molecule has 1 aliphatic heterocycles. The van der Waals surface area contributed by atoms with E-state index in [0.717, 1.165) is 22.5 Å². The highest BCUT2D eigenvalue weighted by Crippen LogP contribution is 2.35. The lowest BCUT2D eigenvalue weighted by molar-refractivity contribution is -0.0583. The van der Waals surface area contributed by atoms with Crippen molar-refractivity contribution in [2.24, 2.45) is 0 Å². The SMILES string of the molecule is O=C(O)c1ccc(C(=O)NS(=O)(=O)N2CCCC2)c(OC2CCC(F)(F)CC2)c1. The molecule has 0 atom stereocenters. The van der Waals surface area contributed by atoms with Crippen molar-refractivity contribution in [2.45, 2.75) is 50.6 Å². The Balaban J connectivity index is 1.81. The van der Waals surface area contributed by atoms with Gasteiger partial charge in [-0.3, -0.25) is 4.79 Å². The van der Waals surface area contributed by atoms with Gasteiger partial charge in [-0.05, 0) is 43.9 Å². The van der Waals surface area contributed by atoms with E-state index in [1.165, 1.54) is 0 Å². The first-order chi connectivity index (χ1) is 13.6. The van der Waals surface area contributed by atoms with Gasteiger partial charge in [-0.1, -0.05) is 0 Å². The zero-order valence-corrected chi connectivity index (χ0v) is 16.4. The fourth-order valence-electron chi connectivity index (χ4n) is 3.42. The number of carbonyl (C=O) groups is 2. The average molecular weight is 432 g/mol. The molecular weight excluding hydrogens is 410 g/mol. The van der Waals surface area contributed by atoms with E-state index in [9.17, 15) is 31.9 Å². The minimum Gasteiger partial charge on any atom is -0.490 e. The molecule has 0 unspecified atom stereocenters. The van der Waals surface area contributed by atoms with Gasteiger partial charge in [0.1, 0.15) is 5.75 Å². The number of benzene rings is 1. The van der Waals surface area contributed by atoms with E-state index in [2.05, 4.69) is 0 Å². The molecule has 1 aromatic rings. The number of amides is 1. The number of halogens is 2. The average Bonchev–Trinajstić information content (AvgIpc) is 3.18. The maximum Gasteiger partial charge on any atom is 0.335 e. The van der Waals surface area contributed by atoms with Gasteiger partial charge >= 0.3 is 16.2 Å². The van der Waals surface area contributed by atoms with Crippen molar-refractivity contribution in [3.8, 4) is 5.75 Å². The number of carbonyl (C=O) groups excluding carboxylic acids is 1. The highest BCUT2D eigenvalue weighted by molar-refractivity contribution is 7.87. The minimum absolute atomic E-state index is 0.0391. The number of nitrogens with zero attached hydrogens (tertiary/aromatic N) is 1. The van der Waals surface area contributed by atoms with E-state index >= 15 is 0 Å². The zero-order chi connectivity index (χ0) is 21.2. The molecule has 1 saturated carbocycles. The number of alkyl halides is 2. The summed E-state index contributed by atoms with van der Waals surface area (Å²) >= 11 is 0. The fraction of sp³-hybridized carbons (Fsp3) is 0.556. The Kier molecular flexibility index (Phi) is 6.08. The topological polar surface area (TPSA) is 113 Å². The van der Waals surface area contributed by atoms with Gasteiger partial charge in [0.05, 0.1) is 17.2 Å². The van der Waals surface area contributed by atoms with E-state index in [0.29, 0.717) is 25.9 Å². The normalized spacial score (nSPS) is 20.3. The second kappa shape index (κ2) is 8.23. The number of ether oxygens (including phenoxy) is 1. The Morgan fingerprint density at radius 2 is 1.79 bits per heavy atom. The van der Waals surface area contributed by atoms with Gasteiger partial charge in [0.25, 0.3) is 5.91 Å². The summed E-state index contributed by atoms with van der Waals surface area (Å²) in [6.07, 6.45) is 0.101. The van der Waals surface area contributed by atoms with E-state index < -0.39 is 34.1 Å². The third-order valence-corrected chi connectivity index (χ3v) is 6.55. The van der Waals surface area contributed by atoms with Crippen LogP contribution >= 0.6 is 0 Å². The van der Waals surface area contributed by atoms with Crippen LogP contribution in [0.2, 0.25) is 0 Å². The fourth-order valence-corrected chi connectivity index (χ4v) is 4.63. The predicted octanol–water partition coefficient (Wildman–Crippen LogP) is 2.41. The molecule has 11 heteroatoms. The third-order valence-electron chi connectivity index (χ3n) is 5.06. The molecule has 0 radical (unpaired) electrons. The molecule has 0 spiro atoms. The number of carboxylic acid groups (broad SMARTS) is 1. The highest BCUT2D eigenvalue weighted by Gasteiger charge is 2.36. The Labute approximate surface area is 167 Å². The van der Waals surface area contributed by atoms with Crippen LogP contribution in [0, 0.1) is 0 Å². The van der Waals surface area contributed by atoms with Crippen molar-refractivity contribution >= 4 is 22.1 Å². The first kappa shape index (κ1) is 21.4. The number of hydrogen-bond donors (Lipinski definition) is 2. The Morgan fingerprint density at radius 1 is 1.17 bits per heavy atom. The van der Waals surface area contributed by atoms with Gasteiger partial charge in [0.2, 0.25) is 5.92 Å². The van der Waals surface area contributed by atoms with Crippen LogP contribution in [-0.2, 0) is 10.2 Å². The van der Waals surface area contributed by atoms with Crippen LogP contribution in [0.25, 0.3) is 0 Å². The van der Waals surface area contributed by atoms with Crippen LogP contribution < -0.4 is 9.46 Å². The Bertz CT molecular complexity index is 890. The van der Waals surface area contributed by atoms with Gasteiger partial charge in [0.15, 0.2) is 0 Å². The van der Waals surface area contributed by atoms with E-state index in [1.807, 2.05) is 4.72 Å². The number of carboxylic acids is 1. The molecule has 2 aliphatic rings. The minimum atomic E-state index is -4.04. The largest absolute Gasteiger partial charge is 0.490 e. The lowest BCUT2D eigenvalue weighted by Gasteiger charge is -2.29. The van der Waals surface area contributed by atoms with Crippen LogP contribution in [0.4, 0.5) is 8.78 Å². The molecular formula is C18H22F2N2O6S. The van der Waals surface area contributed by atoms with E-state index in [-0.39, 0.29) is 42.6 Å². The molecule has 1 amide bonds. The van der Waals surface area contributed by atoms with Crippen molar-refractivity contribution in [3.63, 3.8) is 0 Å². The number of aromatic carboxylic acids is 1. The van der Waals surface area contributed by atoms with Gasteiger partial charge in [-0.2, -0.15) is 12.7 Å². The monoisotopic (exact) mass is 432 g/mol. The number of rotatable bonds is 6. The zero-order valence-electron chi connectivity index (χ0n) is 15.6. The summed E-state index contributed by atoms with van der Waals surface area (Å²) in [5.41, 5.74) is -0.338. The maximum absolute atomic E-state index is 13.4. The first-order valence-electron chi connectivity index (χ1n) is 9.31. The summed E-state index contributed by atoms with van der Waals surface area (Å²) in [6, 6.07) is 3.42. The van der Waals surface area contributed by atoms with Crippen molar-refractivity contribution < 1.29 is 36.6 Å². The van der Waals surface area contributed by atoms with Crippen LogP contribution in [0.5, 0.6) is 5.75 Å². The van der Waals surface area contributed by atoms with Crippen molar-refractivity contribution in [2.75, 3.05) is 13.1 Å². The molecule has 2 fully saturated rings.